The molecule has 130 valence electrons. The van der Waals surface area contributed by atoms with E-state index in [4.69, 9.17) is 0 Å². The molecule has 0 heterocycles. The summed E-state index contributed by atoms with van der Waals surface area (Å²) in [7, 11) is -0.303. The lowest BCUT2D eigenvalue weighted by molar-refractivity contribution is 0.493. The number of thiol groups is 1. The summed E-state index contributed by atoms with van der Waals surface area (Å²) in [6, 6.07) is 0. The van der Waals surface area contributed by atoms with Crippen molar-refractivity contribution < 1.29 is 9.79 Å². The lowest BCUT2D eigenvalue weighted by Crippen LogP contribution is -2.14. The molecule has 2 nitrogen and oxygen atoms in total. The molecule has 0 aliphatic carbocycles. The molecular weight excluding hydrogens is 319 g/mol. The predicted octanol–water partition coefficient (Wildman–Crippen LogP) is 5.63. The molecule has 0 bridgehead atoms. The highest BCUT2D eigenvalue weighted by Gasteiger charge is 2.16. The van der Waals surface area contributed by atoms with Gasteiger partial charge >= 0.3 is 0 Å². The van der Waals surface area contributed by atoms with Gasteiger partial charge in [-0.2, -0.15) is 0 Å². The normalized spacial score (nSPS) is 15.4. The van der Waals surface area contributed by atoms with E-state index in [0.29, 0.717) is 5.92 Å². The Morgan fingerprint density at radius 3 is 2.14 bits per heavy atom. The molecule has 0 aromatic rings. The van der Waals surface area contributed by atoms with Crippen molar-refractivity contribution in [1.82, 2.24) is 0 Å². The van der Waals surface area contributed by atoms with Crippen LogP contribution in [0, 0.1) is 11.8 Å². The second kappa shape index (κ2) is 12.5. The van der Waals surface area contributed by atoms with Crippen LogP contribution in [0.2, 0.25) is 0 Å². The van der Waals surface area contributed by atoms with Gasteiger partial charge in [0.05, 0.1) is 0 Å². The van der Waals surface area contributed by atoms with Crippen molar-refractivity contribution in [3.8, 4) is 0 Å². The molecule has 2 atom stereocenters. The summed E-state index contributed by atoms with van der Waals surface area (Å²) < 4.78 is 0. The van der Waals surface area contributed by atoms with Crippen molar-refractivity contribution in [2.75, 3.05) is 11.5 Å². The summed E-state index contributed by atoms with van der Waals surface area (Å²) in [6.07, 6.45) is 9.70. The second-order valence-corrected chi connectivity index (χ2v) is 14.8. The molecule has 21 heavy (non-hydrogen) atoms. The molecular formula is C16H37O2PS2. The van der Waals surface area contributed by atoms with Gasteiger partial charge in [0.1, 0.15) is 0 Å². The van der Waals surface area contributed by atoms with Gasteiger partial charge in [-0.3, -0.25) is 0 Å². The number of rotatable bonds is 12. The Bertz CT molecular complexity index is 305. The number of hydrogen-bond acceptors (Lipinski definition) is 0. The Kier molecular flexibility index (Phi) is 13.1. The van der Waals surface area contributed by atoms with E-state index < -0.39 is 5.69 Å². The fraction of sp³-hybridized carbons (Fsp3) is 1.00. The number of hydrogen-bond donors (Lipinski definition) is 3. The highest BCUT2D eigenvalue weighted by Crippen LogP contribution is 2.48. The smallest absolute Gasteiger partial charge is 0.198 e. The average molecular weight is 357 g/mol. The molecule has 0 saturated carbocycles. The summed E-state index contributed by atoms with van der Waals surface area (Å²) in [5.74, 6) is 3.32. The Morgan fingerprint density at radius 2 is 1.67 bits per heavy atom. The van der Waals surface area contributed by atoms with Gasteiger partial charge in [-0.05, 0) is 36.2 Å². The highest BCUT2D eigenvalue weighted by atomic mass is 32.9. The van der Waals surface area contributed by atoms with Crippen LogP contribution in [0.5, 0.6) is 0 Å². The summed E-state index contributed by atoms with van der Waals surface area (Å²) in [5.41, 5.74) is -2.97. The van der Waals surface area contributed by atoms with Crippen molar-refractivity contribution in [2.45, 2.75) is 79.1 Å². The molecule has 0 amide bonds. The fourth-order valence-corrected chi connectivity index (χ4v) is 8.26. The van der Waals surface area contributed by atoms with Crippen molar-refractivity contribution in [3.05, 3.63) is 0 Å². The second-order valence-electron chi connectivity index (χ2n) is 6.51. The monoisotopic (exact) mass is 356 g/mol. The van der Waals surface area contributed by atoms with E-state index in [9.17, 15) is 9.79 Å². The zero-order chi connectivity index (χ0) is 16.3. The number of unbranched alkanes of at least 4 members (excludes halogenated alkanes) is 3. The molecule has 0 aromatic heterocycles. The maximum Gasteiger partial charge on any atom is 0.198 e. The first-order chi connectivity index (χ1) is 9.81. The van der Waals surface area contributed by atoms with E-state index in [1.807, 2.05) is 0 Å². The molecule has 0 rings (SSSR count). The van der Waals surface area contributed by atoms with Gasteiger partial charge in [-0.15, -0.1) is 10.1 Å². The fourth-order valence-electron chi connectivity index (χ4n) is 2.47. The van der Waals surface area contributed by atoms with Crippen LogP contribution in [0.3, 0.4) is 0 Å². The van der Waals surface area contributed by atoms with E-state index in [1.54, 1.807) is 0 Å². The van der Waals surface area contributed by atoms with Gasteiger partial charge in [0, 0.05) is 0 Å². The standard InChI is InChI=1S/C16H37O2PS2/c1-5-7-12-16(6-2)14-21(19(17,18)20)13-10-8-9-11-15(3)4/h15-18,20H,5-14H2,1-4H3. The van der Waals surface area contributed by atoms with Crippen LogP contribution in [0.1, 0.15) is 79.1 Å². The summed E-state index contributed by atoms with van der Waals surface area (Å²) in [5, 5.41) is 0. The zero-order valence-electron chi connectivity index (χ0n) is 14.4. The Hall–Kier alpha value is 1.05. The first kappa shape index (κ1) is 22.1. The predicted molar refractivity (Wildman–Crippen MR) is 104 cm³/mol. The maximum atomic E-state index is 10.0. The summed E-state index contributed by atoms with van der Waals surface area (Å²) >= 11 is 4.15. The molecule has 0 aliphatic heterocycles. The van der Waals surface area contributed by atoms with Gasteiger partial charge in [-0.25, -0.2) is 0 Å². The van der Waals surface area contributed by atoms with Crippen LogP contribution in [0.4, 0.5) is 0 Å². The summed E-state index contributed by atoms with van der Waals surface area (Å²) in [6.45, 7) is 8.96. The van der Waals surface area contributed by atoms with E-state index in [0.717, 1.165) is 30.3 Å². The minimum atomic E-state index is -2.97. The Balaban J connectivity index is 4.35. The average Bonchev–Trinajstić information content (AvgIpc) is 2.39. The maximum absolute atomic E-state index is 10.0. The van der Waals surface area contributed by atoms with E-state index in [-0.39, 0.29) is 10.1 Å². The van der Waals surface area contributed by atoms with Crippen LogP contribution in [-0.2, 0) is 10.1 Å². The quantitative estimate of drug-likeness (QED) is 0.241. The van der Waals surface area contributed by atoms with Crippen LogP contribution in [-0.4, -0.2) is 21.3 Å². The van der Waals surface area contributed by atoms with Crippen LogP contribution in [0.15, 0.2) is 0 Å². The molecule has 0 aliphatic rings. The van der Waals surface area contributed by atoms with Crippen molar-refractivity contribution in [1.29, 1.82) is 0 Å². The lowest BCUT2D eigenvalue weighted by atomic mass is 10.0. The highest BCUT2D eigenvalue weighted by molar-refractivity contribution is 8.65. The Labute approximate surface area is 140 Å². The van der Waals surface area contributed by atoms with Gasteiger partial charge in [-0.1, -0.05) is 78.5 Å². The molecule has 5 heteroatoms. The van der Waals surface area contributed by atoms with E-state index in [2.05, 4.69) is 39.9 Å². The van der Waals surface area contributed by atoms with Crippen molar-refractivity contribution in [3.63, 3.8) is 0 Å². The first-order valence-electron chi connectivity index (χ1n) is 8.56. The van der Waals surface area contributed by atoms with Gasteiger partial charge in [0.15, 0.2) is 5.69 Å². The van der Waals surface area contributed by atoms with Gasteiger partial charge < -0.3 is 9.79 Å². The molecule has 0 spiro atoms. The molecule has 0 fully saturated rings. The minimum absolute atomic E-state index is 0.303. The van der Waals surface area contributed by atoms with Gasteiger partial charge in [0.25, 0.3) is 0 Å². The molecule has 2 N–H and O–H groups in total. The third kappa shape index (κ3) is 12.2. The molecule has 2 unspecified atom stereocenters. The third-order valence-electron chi connectivity index (χ3n) is 3.98. The first-order valence-corrected chi connectivity index (χ1v) is 13.6. The SMILES string of the molecule is CCCCC(CC)CS(CCCCCC(C)C)=P(O)(O)S. The zero-order valence-corrected chi connectivity index (χ0v) is 17.0. The minimum Gasteiger partial charge on any atom is -0.341 e. The van der Waals surface area contributed by atoms with Crippen LogP contribution >= 0.6 is 17.9 Å². The van der Waals surface area contributed by atoms with Crippen LogP contribution in [0.25, 0.3) is 0 Å². The van der Waals surface area contributed by atoms with Crippen molar-refractivity contribution in [2.24, 2.45) is 11.8 Å². The largest absolute Gasteiger partial charge is 0.341 e. The van der Waals surface area contributed by atoms with Gasteiger partial charge in [0.2, 0.25) is 0 Å². The van der Waals surface area contributed by atoms with Crippen molar-refractivity contribution >= 4 is 28.0 Å². The third-order valence-corrected chi connectivity index (χ3v) is 11.4. The lowest BCUT2D eigenvalue weighted by Gasteiger charge is -2.22. The van der Waals surface area contributed by atoms with Crippen LogP contribution < -0.4 is 0 Å². The summed E-state index contributed by atoms with van der Waals surface area (Å²) in [4.78, 5) is 20.1. The molecule has 0 saturated heterocycles. The topological polar surface area (TPSA) is 40.5 Å². The Morgan fingerprint density at radius 1 is 1.00 bits per heavy atom. The molecule has 0 radical (unpaired) electrons. The van der Waals surface area contributed by atoms with E-state index in [1.165, 1.54) is 38.5 Å². The molecule has 0 aromatic carbocycles. The van der Waals surface area contributed by atoms with E-state index >= 15 is 0 Å².